The molecular weight excluding hydrogens is 623 g/mol. The number of rotatable bonds is 33. The molecule has 3 unspecified atom stereocenters. The van der Waals surface area contributed by atoms with E-state index in [1.807, 2.05) is 0 Å². The Morgan fingerprint density at radius 2 is 1.00 bits per heavy atom. The molecule has 47 heavy (non-hydrogen) atoms. The van der Waals surface area contributed by atoms with Gasteiger partial charge in [0.1, 0.15) is 12.2 Å². The largest absolute Gasteiger partial charge is 0.472 e. The summed E-state index contributed by atoms with van der Waals surface area (Å²) >= 11 is 0. The predicted octanol–water partition coefficient (Wildman–Crippen LogP) is 8.44. The van der Waals surface area contributed by atoms with Crippen molar-refractivity contribution in [1.82, 2.24) is 0 Å². The first-order valence-corrected chi connectivity index (χ1v) is 19.4. The number of unbranched alkanes of at least 4 members (excludes halogenated alkanes) is 13. The minimum absolute atomic E-state index is 0.181. The number of ether oxygens (including phenoxy) is 2. The van der Waals surface area contributed by atoms with Crippen LogP contribution in [-0.4, -0.2) is 65.7 Å². The molecule has 0 aliphatic heterocycles. The van der Waals surface area contributed by atoms with Gasteiger partial charge in [0.25, 0.3) is 0 Å². The zero-order valence-electron chi connectivity index (χ0n) is 29.2. The fourth-order valence-electron chi connectivity index (χ4n) is 4.60. The van der Waals surface area contributed by atoms with Crippen molar-refractivity contribution in [3.63, 3.8) is 0 Å². The summed E-state index contributed by atoms with van der Waals surface area (Å²) in [5, 5.41) is 19.0. The zero-order chi connectivity index (χ0) is 34.9. The number of carbonyl (C=O) groups is 2. The topological polar surface area (TPSA) is 149 Å². The summed E-state index contributed by atoms with van der Waals surface area (Å²) < 4.78 is 32.3. The Labute approximate surface area is 284 Å². The van der Waals surface area contributed by atoms with E-state index >= 15 is 0 Å². The van der Waals surface area contributed by atoms with E-state index in [2.05, 4.69) is 50.3 Å². The smallest absolute Gasteiger partial charge is 0.457 e. The standard InChI is InChI=1S/C36H65O10P/c1-3-5-7-9-11-12-13-14-15-16-17-18-19-20-22-24-26-28-36(40)46-34(30-38)32-44-47(41,42)43-31-33(29-37)45-35(39)27-25-23-21-10-8-6-4-2/h5,7,11-12,14-15,33-34,37-38H,3-4,6,8-10,13,16-32H2,1-2H3,(H,41,42)/b7-5-,12-11-,15-14-. The zero-order valence-corrected chi connectivity index (χ0v) is 30.1. The number of aliphatic hydroxyl groups is 2. The van der Waals surface area contributed by atoms with Gasteiger partial charge in [-0.25, -0.2) is 4.57 Å². The van der Waals surface area contributed by atoms with Crippen molar-refractivity contribution in [2.75, 3.05) is 26.4 Å². The molecule has 0 spiro atoms. The molecule has 0 heterocycles. The van der Waals surface area contributed by atoms with Crippen LogP contribution < -0.4 is 0 Å². The minimum atomic E-state index is -4.62. The lowest BCUT2D eigenvalue weighted by molar-refractivity contribution is -0.153. The monoisotopic (exact) mass is 688 g/mol. The molecule has 0 amide bonds. The summed E-state index contributed by atoms with van der Waals surface area (Å²) in [5.74, 6) is -1.04. The summed E-state index contributed by atoms with van der Waals surface area (Å²) in [5.41, 5.74) is 0. The van der Waals surface area contributed by atoms with Crippen LogP contribution in [0.5, 0.6) is 0 Å². The Balaban J connectivity index is 3.98. The van der Waals surface area contributed by atoms with Crippen LogP contribution in [-0.2, 0) is 32.7 Å². The van der Waals surface area contributed by atoms with Crippen molar-refractivity contribution in [3.05, 3.63) is 36.5 Å². The van der Waals surface area contributed by atoms with E-state index in [0.29, 0.717) is 12.8 Å². The molecule has 0 radical (unpaired) electrons. The molecule has 3 N–H and O–H groups in total. The van der Waals surface area contributed by atoms with E-state index in [9.17, 15) is 29.3 Å². The van der Waals surface area contributed by atoms with Gasteiger partial charge < -0.3 is 24.6 Å². The van der Waals surface area contributed by atoms with E-state index in [0.717, 1.165) is 70.6 Å². The highest BCUT2D eigenvalue weighted by Gasteiger charge is 2.27. The number of phosphoric ester groups is 1. The molecule has 3 atom stereocenters. The molecule has 0 saturated carbocycles. The number of carbonyl (C=O) groups excluding carboxylic acids is 2. The van der Waals surface area contributed by atoms with Crippen molar-refractivity contribution in [3.8, 4) is 0 Å². The number of esters is 2. The maximum Gasteiger partial charge on any atom is 0.472 e. The van der Waals surface area contributed by atoms with Crippen LogP contribution in [0.1, 0.15) is 142 Å². The third-order valence-electron chi connectivity index (χ3n) is 7.37. The van der Waals surface area contributed by atoms with Gasteiger partial charge in [-0.2, -0.15) is 0 Å². The van der Waals surface area contributed by atoms with Crippen molar-refractivity contribution in [1.29, 1.82) is 0 Å². The molecule has 0 bridgehead atoms. The molecule has 0 saturated heterocycles. The van der Waals surface area contributed by atoms with Gasteiger partial charge in [0.05, 0.1) is 26.4 Å². The van der Waals surface area contributed by atoms with Gasteiger partial charge in [-0.15, -0.1) is 0 Å². The van der Waals surface area contributed by atoms with Gasteiger partial charge in [0.2, 0.25) is 0 Å². The predicted molar refractivity (Wildman–Crippen MR) is 187 cm³/mol. The molecule has 11 heteroatoms. The van der Waals surface area contributed by atoms with Gasteiger partial charge in [0.15, 0.2) is 0 Å². The van der Waals surface area contributed by atoms with Crippen LogP contribution in [0.4, 0.5) is 0 Å². The Morgan fingerprint density at radius 3 is 1.45 bits per heavy atom. The van der Waals surface area contributed by atoms with Crippen LogP contribution in [0.15, 0.2) is 36.5 Å². The molecule has 0 fully saturated rings. The maximum absolute atomic E-state index is 12.3. The molecule has 0 rings (SSSR count). The van der Waals surface area contributed by atoms with E-state index in [1.54, 1.807) is 0 Å². The van der Waals surface area contributed by atoms with Crippen LogP contribution in [0.3, 0.4) is 0 Å². The van der Waals surface area contributed by atoms with E-state index < -0.39 is 58.4 Å². The molecule has 0 aromatic carbocycles. The molecule has 0 aliphatic rings. The third kappa shape index (κ3) is 31.2. The van der Waals surface area contributed by atoms with Crippen LogP contribution >= 0.6 is 7.82 Å². The number of hydrogen-bond acceptors (Lipinski definition) is 9. The van der Waals surface area contributed by atoms with Crippen molar-refractivity contribution in [2.45, 2.75) is 154 Å². The third-order valence-corrected chi connectivity index (χ3v) is 8.32. The summed E-state index contributed by atoms with van der Waals surface area (Å²) in [4.78, 5) is 34.2. The van der Waals surface area contributed by atoms with Crippen LogP contribution in [0, 0.1) is 0 Å². The second kappa shape index (κ2) is 32.7. The molecule has 10 nitrogen and oxygen atoms in total. The van der Waals surface area contributed by atoms with E-state index in [-0.39, 0.29) is 12.8 Å². The fourth-order valence-corrected chi connectivity index (χ4v) is 5.38. The summed E-state index contributed by atoms with van der Waals surface area (Å²) in [7, 11) is -4.62. The second-order valence-electron chi connectivity index (χ2n) is 11.8. The normalized spacial score (nSPS) is 14.6. The maximum atomic E-state index is 12.3. The van der Waals surface area contributed by atoms with Crippen molar-refractivity contribution in [2.24, 2.45) is 0 Å². The van der Waals surface area contributed by atoms with Gasteiger partial charge in [0, 0.05) is 12.8 Å². The Hall–Kier alpha value is -1.81. The molecule has 274 valence electrons. The number of allylic oxidation sites excluding steroid dienone is 6. The van der Waals surface area contributed by atoms with Gasteiger partial charge >= 0.3 is 19.8 Å². The Kier molecular flexibility index (Phi) is 31.5. The number of aliphatic hydroxyl groups excluding tert-OH is 2. The highest BCUT2D eigenvalue weighted by molar-refractivity contribution is 7.47. The summed E-state index contributed by atoms with van der Waals surface area (Å²) in [6.45, 7) is 2.00. The average Bonchev–Trinajstić information content (AvgIpc) is 3.05. The molecular formula is C36H65O10P. The number of hydrogen-bond donors (Lipinski definition) is 3. The first-order valence-electron chi connectivity index (χ1n) is 17.9. The average molecular weight is 689 g/mol. The SMILES string of the molecule is CC/C=C\C/C=C\C/C=C\CCCCCCCCCC(=O)OC(CO)COP(=O)(O)OCC(CO)OC(=O)CCCCCCCCC. The first kappa shape index (κ1) is 45.2. The lowest BCUT2D eigenvalue weighted by Crippen LogP contribution is -2.28. The lowest BCUT2D eigenvalue weighted by Gasteiger charge is -2.20. The van der Waals surface area contributed by atoms with E-state index in [1.165, 1.54) is 32.1 Å². The molecule has 0 aromatic rings. The van der Waals surface area contributed by atoms with Crippen molar-refractivity contribution < 1.29 is 47.8 Å². The number of phosphoric acid groups is 1. The highest BCUT2D eigenvalue weighted by Crippen LogP contribution is 2.43. The van der Waals surface area contributed by atoms with E-state index in [4.69, 9.17) is 18.5 Å². The van der Waals surface area contributed by atoms with Crippen LogP contribution in [0.2, 0.25) is 0 Å². The van der Waals surface area contributed by atoms with Crippen molar-refractivity contribution >= 4 is 19.8 Å². The summed E-state index contributed by atoms with van der Waals surface area (Å²) in [6, 6.07) is 0. The van der Waals surface area contributed by atoms with Crippen LogP contribution in [0.25, 0.3) is 0 Å². The first-order chi connectivity index (χ1) is 22.8. The van der Waals surface area contributed by atoms with Gasteiger partial charge in [-0.05, 0) is 44.9 Å². The van der Waals surface area contributed by atoms with Gasteiger partial charge in [-0.3, -0.25) is 18.6 Å². The molecule has 0 aromatic heterocycles. The Morgan fingerprint density at radius 1 is 0.596 bits per heavy atom. The Bertz CT molecular complexity index is 889. The van der Waals surface area contributed by atoms with Gasteiger partial charge in [-0.1, -0.05) is 121 Å². The highest BCUT2D eigenvalue weighted by atomic mass is 31.2. The quantitative estimate of drug-likeness (QED) is 0.0265. The second-order valence-corrected chi connectivity index (χ2v) is 13.3. The lowest BCUT2D eigenvalue weighted by atomic mass is 10.1. The summed E-state index contributed by atoms with van der Waals surface area (Å²) in [6.07, 6.45) is 30.0. The fraction of sp³-hybridized carbons (Fsp3) is 0.778. The molecule has 0 aliphatic carbocycles. The minimum Gasteiger partial charge on any atom is -0.457 e.